The molecule has 1 aromatic rings. The van der Waals surface area contributed by atoms with Crippen LogP contribution in [0.25, 0.3) is 0 Å². The average molecular weight is 493 g/mol. The number of hydrogen-bond donors (Lipinski definition) is 1. The van der Waals surface area contributed by atoms with Crippen molar-refractivity contribution in [2.24, 2.45) is 11.8 Å². The molecule has 4 aliphatic rings. The van der Waals surface area contributed by atoms with Crippen molar-refractivity contribution in [3.05, 3.63) is 35.4 Å². The van der Waals surface area contributed by atoms with Gasteiger partial charge in [-0.3, -0.25) is 14.5 Å². The second-order valence-corrected chi connectivity index (χ2v) is 11.4. The van der Waals surface area contributed by atoms with Crippen LogP contribution in [0, 0.1) is 23.2 Å². The molecule has 1 N–H and O–H groups in total. The van der Waals surface area contributed by atoms with Gasteiger partial charge < -0.3 is 15.0 Å². The molecule has 1 saturated carbocycles. The molecule has 2 unspecified atom stereocenters. The molecule has 7 heteroatoms. The molecule has 5 rings (SSSR count). The Morgan fingerprint density at radius 3 is 2.44 bits per heavy atom. The zero-order valence-electron chi connectivity index (χ0n) is 21.4. The highest BCUT2D eigenvalue weighted by Crippen LogP contribution is 2.34. The molecule has 0 spiro atoms. The van der Waals surface area contributed by atoms with Gasteiger partial charge in [-0.1, -0.05) is 43.5 Å². The Kier molecular flexibility index (Phi) is 7.93. The van der Waals surface area contributed by atoms with Crippen LogP contribution in [0.3, 0.4) is 0 Å². The van der Waals surface area contributed by atoms with Crippen molar-refractivity contribution in [2.75, 3.05) is 39.4 Å². The van der Waals surface area contributed by atoms with Gasteiger partial charge in [-0.15, -0.1) is 0 Å². The van der Waals surface area contributed by atoms with E-state index in [9.17, 15) is 14.9 Å². The first kappa shape index (κ1) is 25.2. The summed E-state index contributed by atoms with van der Waals surface area (Å²) in [5, 5.41) is 13.3. The lowest BCUT2D eigenvalue weighted by Gasteiger charge is -2.33. The standard InChI is InChI=1S/C29H40N4O3/c30-20-29(10-11-33(21-29)26-8-2-1-3-9-26)31-28(35)25(19-27(34)32-12-14-36-15-13-32)18-22-16-23-6-4-5-7-24(23)17-22/h4-7,22,25-26H,1-3,8-19,21H2,(H,31,35). The van der Waals surface area contributed by atoms with Crippen LogP contribution < -0.4 is 5.32 Å². The maximum Gasteiger partial charge on any atom is 0.224 e. The zero-order chi connectivity index (χ0) is 25.0. The lowest BCUT2D eigenvalue weighted by Crippen LogP contribution is -2.53. The fourth-order valence-electron chi connectivity index (χ4n) is 6.81. The summed E-state index contributed by atoms with van der Waals surface area (Å²) in [4.78, 5) is 31.2. The number of amides is 2. The number of hydrogen-bond acceptors (Lipinski definition) is 5. The van der Waals surface area contributed by atoms with Gasteiger partial charge in [-0.25, -0.2) is 0 Å². The topological polar surface area (TPSA) is 85.7 Å². The Hall–Kier alpha value is -2.43. The summed E-state index contributed by atoms with van der Waals surface area (Å²) in [5.41, 5.74) is 1.86. The largest absolute Gasteiger partial charge is 0.378 e. The van der Waals surface area contributed by atoms with E-state index in [-0.39, 0.29) is 18.2 Å². The van der Waals surface area contributed by atoms with Crippen LogP contribution in [0.15, 0.2) is 24.3 Å². The highest BCUT2D eigenvalue weighted by molar-refractivity contribution is 5.86. The van der Waals surface area contributed by atoms with E-state index >= 15 is 0 Å². The Bertz CT molecular complexity index is 954. The Morgan fingerprint density at radius 2 is 1.78 bits per heavy atom. The second kappa shape index (κ2) is 11.3. The van der Waals surface area contributed by atoms with Crippen molar-refractivity contribution < 1.29 is 14.3 Å². The van der Waals surface area contributed by atoms with Crippen molar-refractivity contribution in [3.8, 4) is 6.07 Å². The molecule has 2 heterocycles. The number of fused-ring (bicyclic) bond motifs is 1. The molecule has 3 fully saturated rings. The summed E-state index contributed by atoms with van der Waals surface area (Å²) in [6.45, 7) is 3.72. The third-order valence-corrected chi connectivity index (χ3v) is 8.88. The first-order valence-corrected chi connectivity index (χ1v) is 13.9. The average Bonchev–Trinajstić information content (AvgIpc) is 3.53. The highest BCUT2D eigenvalue weighted by Gasteiger charge is 2.43. The quantitative estimate of drug-likeness (QED) is 0.632. The first-order valence-electron chi connectivity index (χ1n) is 13.9. The smallest absolute Gasteiger partial charge is 0.224 e. The Labute approximate surface area is 215 Å². The van der Waals surface area contributed by atoms with Crippen molar-refractivity contribution in [1.29, 1.82) is 5.26 Å². The predicted molar refractivity (Wildman–Crippen MR) is 137 cm³/mol. The number of morpholine rings is 1. The van der Waals surface area contributed by atoms with E-state index in [4.69, 9.17) is 4.74 Å². The van der Waals surface area contributed by atoms with E-state index in [0.717, 1.165) is 19.4 Å². The molecule has 2 saturated heterocycles. The number of nitrogens with zero attached hydrogens (tertiary/aromatic N) is 3. The van der Waals surface area contributed by atoms with Gasteiger partial charge in [0.2, 0.25) is 11.8 Å². The van der Waals surface area contributed by atoms with Crippen LogP contribution in [0.1, 0.15) is 62.5 Å². The number of nitriles is 1. The highest BCUT2D eigenvalue weighted by atomic mass is 16.5. The van der Waals surface area contributed by atoms with Crippen molar-refractivity contribution in [2.45, 2.75) is 75.8 Å². The molecule has 0 aromatic heterocycles. The van der Waals surface area contributed by atoms with Crippen LogP contribution >= 0.6 is 0 Å². The number of rotatable bonds is 7. The fourth-order valence-corrected chi connectivity index (χ4v) is 6.81. The molecular weight excluding hydrogens is 452 g/mol. The molecular formula is C29H40N4O3. The van der Waals surface area contributed by atoms with Crippen LogP contribution in [0.5, 0.6) is 0 Å². The van der Waals surface area contributed by atoms with Gasteiger partial charge in [0, 0.05) is 44.6 Å². The normalized spacial score (nSPS) is 26.4. The summed E-state index contributed by atoms with van der Waals surface area (Å²) in [6, 6.07) is 11.5. The Morgan fingerprint density at radius 1 is 1.08 bits per heavy atom. The van der Waals surface area contributed by atoms with Crippen LogP contribution in [0.2, 0.25) is 0 Å². The number of nitrogens with one attached hydrogen (secondary N) is 1. The number of ether oxygens (including phenoxy) is 1. The van der Waals surface area contributed by atoms with E-state index in [2.05, 4.69) is 40.6 Å². The third-order valence-electron chi connectivity index (χ3n) is 8.88. The number of likely N-dealkylation sites (tertiary alicyclic amines) is 1. The van der Waals surface area contributed by atoms with Gasteiger partial charge >= 0.3 is 0 Å². The maximum absolute atomic E-state index is 13.7. The summed E-state index contributed by atoms with van der Waals surface area (Å²) in [6.07, 6.45) is 9.61. The SMILES string of the molecule is N#CC1(NC(=O)C(CC(=O)N2CCOCC2)CC2Cc3ccccc3C2)CCN(C2CCCCC2)C1. The van der Waals surface area contributed by atoms with Crippen LogP contribution in [-0.4, -0.2) is 72.6 Å². The number of benzene rings is 1. The predicted octanol–water partition coefficient (Wildman–Crippen LogP) is 3.07. The minimum Gasteiger partial charge on any atom is -0.378 e. The van der Waals surface area contributed by atoms with E-state index in [1.807, 2.05) is 4.90 Å². The summed E-state index contributed by atoms with van der Waals surface area (Å²) >= 11 is 0. The van der Waals surface area contributed by atoms with Gasteiger partial charge in [0.25, 0.3) is 0 Å². The number of carbonyl (C=O) groups is 2. The molecule has 194 valence electrons. The van der Waals surface area contributed by atoms with Gasteiger partial charge in [-0.05, 0) is 55.6 Å². The van der Waals surface area contributed by atoms with Crippen molar-refractivity contribution in [3.63, 3.8) is 0 Å². The molecule has 2 aliphatic carbocycles. The maximum atomic E-state index is 13.7. The molecule has 36 heavy (non-hydrogen) atoms. The molecule has 2 aliphatic heterocycles. The molecule has 2 atom stereocenters. The minimum atomic E-state index is -0.854. The van der Waals surface area contributed by atoms with Crippen LogP contribution in [-0.2, 0) is 27.2 Å². The van der Waals surface area contributed by atoms with E-state index in [1.54, 1.807) is 0 Å². The summed E-state index contributed by atoms with van der Waals surface area (Å²) in [5.74, 6) is -0.181. The lowest BCUT2D eigenvalue weighted by atomic mass is 9.87. The molecule has 7 nitrogen and oxygen atoms in total. The zero-order valence-corrected chi connectivity index (χ0v) is 21.4. The molecule has 0 radical (unpaired) electrons. The second-order valence-electron chi connectivity index (χ2n) is 11.4. The third kappa shape index (κ3) is 5.76. The van der Waals surface area contributed by atoms with E-state index in [1.165, 1.54) is 43.2 Å². The molecule has 1 aromatic carbocycles. The van der Waals surface area contributed by atoms with Crippen molar-refractivity contribution >= 4 is 11.8 Å². The molecule has 2 amide bonds. The van der Waals surface area contributed by atoms with Gasteiger partial charge in [0.05, 0.1) is 19.3 Å². The van der Waals surface area contributed by atoms with Crippen molar-refractivity contribution in [1.82, 2.24) is 15.1 Å². The fraction of sp³-hybridized carbons (Fsp3) is 0.690. The van der Waals surface area contributed by atoms with Crippen LogP contribution in [0.4, 0.5) is 0 Å². The van der Waals surface area contributed by atoms with Gasteiger partial charge in [0.15, 0.2) is 0 Å². The summed E-state index contributed by atoms with van der Waals surface area (Å²) in [7, 11) is 0. The Balaban J connectivity index is 1.26. The monoisotopic (exact) mass is 492 g/mol. The minimum absolute atomic E-state index is 0.0234. The van der Waals surface area contributed by atoms with E-state index in [0.29, 0.717) is 57.6 Å². The lowest BCUT2D eigenvalue weighted by molar-refractivity contribution is -0.140. The van der Waals surface area contributed by atoms with Gasteiger partial charge in [-0.2, -0.15) is 5.26 Å². The first-order chi connectivity index (χ1) is 17.5. The summed E-state index contributed by atoms with van der Waals surface area (Å²) < 4.78 is 5.41. The van der Waals surface area contributed by atoms with Gasteiger partial charge in [0.1, 0.15) is 5.54 Å². The van der Waals surface area contributed by atoms with E-state index < -0.39 is 11.5 Å². The molecule has 0 bridgehead atoms. The number of carbonyl (C=O) groups excluding carboxylic acids is 2.